The van der Waals surface area contributed by atoms with E-state index in [1.54, 1.807) is 0 Å². The molecule has 0 spiro atoms. The molecule has 1 atom stereocenters. The first-order chi connectivity index (χ1) is 9.16. The van der Waals surface area contributed by atoms with Gasteiger partial charge in [-0.15, -0.1) is 0 Å². The van der Waals surface area contributed by atoms with Crippen molar-refractivity contribution < 1.29 is 0 Å². The number of nitrogens with zero attached hydrogens (tertiary/aromatic N) is 1. The van der Waals surface area contributed by atoms with Crippen molar-refractivity contribution in [3.05, 3.63) is 55.9 Å². The topological polar surface area (TPSA) is 57.8 Å². The second kappa shape index (κ2) is 4.87. The first kappa shape index (κ1) is 12.5. The predicted octanol–water partition coefficient (Wildman–Crippen LogP) is 3.18. The molecule has 3 rings (SSSR count). The Balaban J connectivity index is 1.93. The SMILES string of the molecule is O=c1[nH]ncc(NC2CCc3c(Cl)cccc32)c1Cl. The van der Waals surface area contributed by atoms with Gasteiger partial charge in [-0.05, 0) is 30.0 Å². The molecule has 6 heteroatoms. The molecule has 1 heterocycles. The predicted molar refractivity (Wildman–Crippen MR) is 76.0 cm³/mol. The van der Waals surface area contributed by atoms with Crippen molar-refractivity contribution in [3.63, 3.8) is 0 Å². The number of hydrogen-bond donors (Lipinski definition) is 2. The minimum atomic E-state index is -0.393. The molecule has 1 aliphatic rings. The number of rotatable bonds is 2. The molecule has 1 aliphatic carbocycles. The largest absolute Gasteiger partial charge is 0.376 e. The Morgan fingerprint density at radius 3 is 3.05 bits per heavy atom. The van der Waals surface area contributed by atoms with Crippen molar-refractivity contribution in [1.82, 2.24) is 10.2 Å². The Kier molecular flexibility index (Phi) is 3.21. The minimum Gasteiger partial charge on any atom is -0.376 e. The summed E-state index contributed by atoms with van der Waals surface area (Å²) in [4.78, 5) is 11.4. The van der Waals surface area contributed by atoms with E-state index in [-0.39, 0.29) is 11.1 Å². The highest BCUT2D eigenvalue weighted by atomic mass is 35.5. The average molecular weight is 296 g/mol. The van der Waals surface area contributed by atoms with E-state index in [9.17, 15) is 4.79 Å². The molecular weight excluding hydrogens is 285 g/mol. The van der Waals surface area contributed by atoms with Crippen LogP contribution in [0.3, 0.4) is 0 Å². The number of anilines is 1. The molecule has 4 nitrogen and oxygen atoms in total. The molecule has 0 saturated carbocycles. The summed E-state index contributed by atoms with van der Waals surface area (Å²) in [5.74, 6) is 0. The fourth-order valence-corrected chi connectivity index (χ4v) is 2.85. The monoisotopic (exact) mass is 295 g/mol. The summed E-state index contributed by atoms with van der Waals surface area (Å²) in [5, 5.41) is 10.2. The van der Waals surface area contributed by atoms with Crippen molar-refractivity contribution in [2.75, 3.05) is 5.32 Å². The van der Waals surface area contributed by atoms with Gasteiger partial charge in [0.2, 0.25) is 0 Å². The van der Waals surface area contributed by atoms with Gasteiger partial charge in [0.15, 0.2) is 0 Å². The number of aromatic nitrogens is 2. The van der Waals surface area contributed by atoms with Gasteiger partial charge in [0.05, 0.1) is 17.9 Å². The molecule has 0 radical (unpaired) electrons. The molecule has 1 unspecified atom stereocenters. The molecule has 2 N–H and O–H groups in total. The van der Waals surface area contributed by atoms with Crippen LogP contribution in [0.25, 0.3) is 0 Å². The van der Waals surface area contributed by atoms with E-state index < -0.39 is 5.56 Å². The normalized spacial score (nSPS) is 17.3. The van der Waals surface area contributed by atoms with E-state index in [2.05, 4.69) is 15.5 Å². The van der Waals surface area contributed by atoms with E-state index >= 15 is 0 Å². The third kappa shape index (κ3) is 2.22. The molecule has 19 heavy (non-hydrogen) atoms. The van der Waals surface area contributed by atoms with Gasteiger partial charge in [-0.1, -0.05) is 35.3 Å². The van der Waals surface area contributed by atoms with Crippen LogP contribution in [0.5, 0.6) is 0 Å². The Bertz CT molecular complexity index is 684. The molecule has 1 aromatic carbocycles. The standard InChI is InChI=1S/C13H11Cl2N3O/c14-9-3-1-2-8-7(9)4-5-10(8)17-11-6-16-18-13(19)12(11)15/h1-3,6,10H,4-5H2,(H2,17,18,19). The highest BCUT2D eigenvalue weighted by Gasteiger charge is 2.24. The maximum atomic E-state index is 11.4. The van der Waals surface area contributed by atoms with E-state index in [0.717, 1.165) is 29.0 Å². The summed E-state index contributed by atoms with van der Waals surface area (Å²) in [6.45, 7) is 0. The number of benzene rings is 1. The quantitative estimate of drug-likeness (QED) is 0.895. The maximum absolute atomic E-state index is 11.4. The summed E-state index contributed by atoms with van der Waals surface area (Å²) >= 11 is 12.1. The first-order valence-electron chi connectivity index (χ1n) is 5.94. The third-order valence-corrected chi connectivity index (χ3v) is 4.07. The molecule has 0 aliphatic heterocycles. The minimum absolute atomic E-state index is 0.106. The van der Waals surface area contributed by atoms with Crippen LogP contribution < -0.4 is 10.9 Å². The Labute approximate surface area is 119 Å². The van der Waals surface area contributed by atoms with Crippen LogP contribution in [0.15, 0.2) is 29.2 Å². The number of fused-ring (bicyclic) bond motifs is 1. The van der Waals surface area contributed by atoms with Crippen LogP contribution in [0.4, 0.5) is 5.69 Å². The lowest BCUT2D eigenvalue weighted by Crippen LogP contribution is -2.14. The number of hydrogen-bond acceptors (Lipinski definition) is 3. The zero-order valence-corrected chi connectivity index (χ0v) is 11.4. The van der Waals surface area contributed by atoms with Gasteiger partial charge in [-0.3, -0.25) is 4.79 Å². The second-order valence-corrected chi connectivity index (χ2v) is 5.26. The van der Waals surface area contributed by atoms with Crippen LogP contribution in [0.1, 0.15) is 23.6 Å². The fourth-order valence-electron chi connectivity index (χ4n) is 2.43. The van der Waals surface area contributed by atoms with Crippen LogP contribution in [0, 0.1) is 0 Å². The smallest absolute Gasteiger partial charge is 0.285 e. The Hall–Kier alpha value is -1.52. The van der Waals surface area contributed by atoms with Crippen LogP contribution >= 0.6 is 23.2 Å². The molecule has 0 bridgehead atoms. The molecule has 98 valence electrons. The van der Waals surface area contributed by atoms with Gasteiger partial charge in [0, 0.05) is 5.02 Å². The van der Waals surface area contributed by atoms with E-state index in [1.165, 1.54) is 6.20 Å². The zero-order chi connectivity index (χ0) is 13.4. The van der Waals surface area contributed by atoms with Crippen molar-refractivity contribution in [1.29, 1.82) is 0 Å². The maximum Gasteiger partial charge on any atom is 0.285 e. The van der Waals surface area contributed by atoms with Gasteiger partial charge >= 0.3 is 0 Å². The molecule has 0 fully saturated rings. The van der Waals surface area contributed by atoms with Crippen molar-refractivity contribution in [2.24, 2.45) is 0 Å². The van der Waals surface area contributed by atoms with Crippen LogP contribution in [-0.4, -0.2) is 10.2 Å². The number of halogens is 2. The molecule has 0 amide bonds. The van der Waals surface area contributed by atoms with Gasteiger partial charge in [-0.2, -0.15) is 5.10 Å². The third-order valence-electron chi connectivity index (χ3n) is 3.34. The average Bonchev–Trinajstić information content (AvgIpc) is 2.80. The lowest BCUT2D eigenvalue weighted by molar-refractivity contribution is 0.759. The summed E-state index contributed by atoms with van der Waals surface area (Å²) in [7, 11) is 0. The van der Waals surface area contributed by atoms with E-state index in [4.69, 9.17) is 23.2 Å². The lowest BCUT2D eigenvalue weighted by atomic mass is 10.1. The van der Waals surface area contributed by atoms with Gasteiger partial charge < -0.3 is 5.32 Å². The molecule has 0 saturated heterocycles. The Morgan fingerprint density at radius 2 is 2.21 bits per heavy atom. The number of nitrogens with one attached hydrogen (secondary N) is 2. The van der Waals surface area contributed by atoms with Gasteiger partial charge in [-0.25, -0.2) is 5.10 Å². The lowest BCUT2D eigenvalue weighted by Gasteiger charge is -2.15. The fraction of sp³-hybridized carbons (Fsp3) is 0.231. The summed E-state index contributed by atoms with van der Waals surface area (Å²) < 4.78 is 0. The van der Waals surface area contributed by atoms with Crippen molar-refractivity contribution in [2.45, 2.75) is 18.9 Å². The number of H-pyrrole nitrogens is 1. The van der Waals surface area contributed by atoms with E-state index in [0.29, 0.717) is 5.69 Å². The summed E-state index contributed by atoms with van der Waals surface area (Å²) in [6, 6.07) is 5.97. The second-order valence-electron chi connectivity index (χ2n) is 4.47. The summed E-state index contributed by atoms with van der Waals surface area (Å²) in [5.41, 5.74) is 2.47. The number of aromatic amines is 1. The molecule has 2 aromatic rings. The highest BCUT2D eigenvalue weighted by Crippen LogP contribution is 2.37. The van der Waals surface area contributed by atoms with E-state index in [1.807, 2.05) is 18.2 Å². The zero-order valence-electron chi connectivity index (χ0n) is 9.91. The highest BCUT2D eigenvalue weighted by molar-refractivity contribution is 6.33. The van der Waals surface area contributed by atoms with Crippen LogP contribution in [-0.2, 0) is 6.42 Å². The van der Waals surface area contributed by atoms with Crippen molar-refractivity contribution in [3.8, 4) is 0 Å². The van der Waals surface area contributed by atoms with Gasteiger partial charge in [0.25, 0.3) is 5.56 Å². The Morgan fingerprint density at radius 1 is 1.37 bits per heavy atom. The molecule has 1 aromatic heterocycles. The van der Waals surface area contributed by atoms with Gasteiger partial charge in [0.1, 0.15) is 5.02 Å². The first-order valence-corrected chi connectivity index (χ1v) is 6.69. The van der Waals surface area contributed by atoms with Crippen LogP contribution in [0.2, 0.25) is 10.0 Å². The van der Waals surface area contributed by atoms with Crippen molar-refractivity contribution >= 4 is 28.9 Å². The summed E-state index contributed by atoms with van der Waals surface area (Å²) in [6.07, 6.45) is 3.36. The molecular formula is C13H11Cl2N3O.